The summed E-state index contributed by atoms with van der Waals surface area (Å²) < 4.78 is 0. The van der Waals surface area contributed by atoms with Crippen LogP contribution < -0.4 is 5.32 Å². The number of nitrogens with one attached hydrogen (secondary N) is 1. The number of carbonyl (C=O) groups is 3. The van der Waals surface area contributed by atoms with Crippen LogP contribution >= 0.6 is 11.3 Å². The normalized spacial score (nSPS) is 16.9. The van der Waals surface area contributed by atoms with Crippen molar-refractivity contribution in [2.45, 2.75) is 31.7 Å². The zero-order chi connectivity index (χ0) is 18.5. The van der Waals surface area contributed by atoms with E-state index in [9.17, 15) is 19.5 Å². The van der Waals surface area contributed by atoms with Gasteiger partial charge in [-0.1, -0.05) is 6.07 Å². The molecule has 1 fully saturated rings. The van der Waals surface area contributed by atoms with Crippen molar-refractivity contribution in [3.8, 4) is 0 Å². The molecule has 1 aliphatic heterocycles. The highest BCUT2D eigenvalue weighted by atomic mass is 32.1. The smallest absolute Gasteiger partial charge is 0.326 e. The molecule has 136 valence electrons. The third-order valence-electron chi connectivity index (χ3n) is 4.39. The minimum absolute atomic E-state index is 0.158. The number of piperidine rings is 1. The maximum absolute atomic E-state index is 12.8. The lowest BCUT2D eigenvalue weighted by molar-refractivity contribution is -0.143. The van der Waals surface area contributed by atoms with Gasteiger partial charge in [0.1, 0.15) is 6.04 Å². The van der Waals surface area contributed by atoms with Crippen LogP contribution in [0, 0.1) is 0 Å². The van der Waals surface area contributed by atoms with Crippen molar-refractivity contribution < 1.29 is 19.5 Å². The van der Waals surface area contributed by atoms with Crippen LogP contribution in [0.15, 0.2) is 41.1 Å². The first-order chi connectivity index (χ1) is 12.5. The maximum atomic E-state index is 12.8. The zero-order valence-corrected chi connectivity index (χ0v) is 15.0. The number of amides is 2. The second-order valence-electron chi connectivity index (χ2n) is 6.29. The van der Waals surface area contributed by atoms with Gasteiger partial charge in [0, 0.05) is 17.8 Å². The van der Waals surface area contributed by atoms with Crippen molar-refractivity contribution in [1.29, 1.82) is 0 Å². The summed E-state index contributed by atoms with van der Waals surface area (Å²) in [5.74, 6) is -1.45. The Morgan fingerprint density at radius 3 is 2.81 bits per heavy atom. The van der Waals surface area contributed by atoms with Crippen LogP contribution in [-0.2, 0) is 16.0 Å². The number of thiophene rings is 1. The highest BCUT2D eigenvalue weighted by Crippen LogP contribution is 2.21. The minimum Gasteiger partial charge on any atom is -0.480 e. The van der Waals surface area contributed by atoms with Crippen LogP contribution in [0.2, 0.25) is 0 Å². The van der Waals surface area contributed by atoms with E-state index in [2.05, 4.69) is 5.32 Å². The fraction of sp³-hybridized carbons (Fsp3) is 0.316. The zero-order valence-electron chi connectivity index (χ0n) is 14.2. The number of benzene rings is 1. The summed E-state index contributed by atoms with van der Waals surface area (Å²) >= 11 is 1.53. The Balaban J connectivity index is 1.70. The number of hydrogen-bond donors (Lipinski definition) is 2. The fourth-order valence-corrected chi connectivity index (χ4v) is 3.78. The molecule has 2 heterocycles. The fourth-order valence-electron chi connectivity index (χ4n) is 3.11. The molecule has 1 aromatic heterocycles. The van der Waals surface area contributed by atoms with Gasteiger partial charge in [-0.2, -0.15) is 11.3 Å². The topological polar surface area (TPSA) is 86.7 Å². The number of carboxylic acids is 1. The summed E-state index contributed by atoms with van der Waals surface area (Å²) in [4.78, 5) is 37.7. The van der Waals surface area contributed by atoms with Crippen molar-refractivity contribution >= 4 is 34.8 Å². The Morgan fingerprint density at radius 1 is 1.23 bits per heavy atom. The number of carboxylic acid groups (broad SMARTS) is 1. The molecule has 0 spiro atoms. The first kappa shape index (κ1) is 18.1. The SMILES string of the molecule is O=C(Cc1ccsc1)Nc1cccc(C(=O)N2CCCCC2C(=O)O)c1. The summed E-state index contributed by atoms with van der Waals surface area (Å²) in [6, 6.07) is 7.76. The predicted octanol–water partition coefficient (Wildman–Crippen LogP) is 3.01. The molecule has 3 rings (SSSR count). The predicted molar refractivity (Wildman–Crippen MR) is 99.4 cm³/mol. The molecular formula is C19H20N2O4S. The summed E-state index contributed by atoms with van der Waals surface area (Å²) in [6.45, 7) is 0.435. The van der Waals surface area contributed by atoms with Crippen LogP contribution in [0.1, 0.15) is 35.2 Å². The lowest BCUT2D eigenvalue weighted by Gasteiger charge is -2.33. The van der Waals surface area contributed by atoms with Crippen LogP contribution in [0.5, 0.6) is 0 Å². The lowest BCUT2D eigenvalue weighted by atomic mass is 10.0. The van der Waals surface area contributed by atoms with E-state index >= 15 is 0 Å². The van der Waals surface area contributed by atoms with Gasteiger partial charge < -0.3 is 15.3 Å². The summed E-state index contributed by atoms with van der Waals surface area (Å²) in [5, 5.41) is 16.0. The third kappa shape index (κ3) is 4.29. The Hall–Kier alpha value is -2.67. The highest BCUT2D eigenvalue weighted by molar-refractivity contribution is 7.08. The van der Waals surface area contributed by atoms with E-state index in [4.69, 9.17) is 0 Å². The molecule has 0 bridgehead atoms. The largest absolute Gasteiger partial charge is 0.480 e. The Kier molecular flexibility index (Phi) is 5.68. The number of nitrogens with zero attached hydrogens (tertiary/aromatic N) is 1. The molecule has 1 aromatic carbocycles. The molecule has 1 unspecified atom stereocenters. The van der Waals surface area contributed by atoms with Crippen molar-refractivity contribution in [2.24, 2.45) is 0 Å². The molecule has 26 heavy (non-hydrogen) atoms. The minimum atomic E-state index is -0.974. The molecule has 2 N–H and O–H groups in total. The average molecular weight is 372 g/mol. The van der Waals surface area contributed by atoms with Crippen molar-refractivity contribution in [2.75, 3.05) is 11.9 Å². The Bertz CT molecular complexity index is 804. The number of anilines is 1. The molecule has 2 aromatic rings. The molecule has 1 aliphatic rings. The van der Waals surface area contributed by atoms with Gasteiger partial charge in [-0.3, -0.25) is 9.59 Å². The van der Waals surface area contributed by atoms with Crippen LogP contribution in [0.3, 0.4) is 0 Å². The first-order valence-electron chi connectivity index (χ1n) is 8.49. The van der Waals surface area contributed by atoms with E-state index < -0.39 is 12.0 Å². The van der Waals surface area contributed by atoms with E-state index in [0.29, 0.717) is 24.2 Å². The molecule has 1 saturated heterocycles. The highest BCUT2D eigenvalue weighted by Gasteiger charge is 2.32. The summed E-state index contributed by atoms with van der Waals surface area (Å²) in [7, 11) is 0. The van der Waals surface area contributed by atoms with Crippen molar-refractivity contribution in [3.63, 3.8) is 0 Å². The van der Waals surface area contributed by atoms with Gasteiger partial charge in [-0.25, -0.2) is 4.79 Å². The molecule has 2 amide bonds. The Morgan fingerprint density at radius 2 is 2.08 bits per heavy atom. The number of hydrogen-bond acceptors (Lipinski definition) is 4. The van der Waals surface area contributed by atoms with E-state index in [1.54, 1.807) is 24.3 Å². The molecule has 1 atom stereocenters. The van der Waals surface area contributed by atoms with Gasteiger partial charge in [0.2, 0.25) is 5.91 Å². The van der Waals surface area contributed by atoms with E-state index in [0.717, 1.165) is 18.4 Å². The van der Waals surface area contributed by atoms with Gasteiger partial charge in [-0.05, 0) is 59.9 Å². The molecule has 0 radical (unpaired) electrons. The number of aliphatic carboxylic acids is 1. The lowest BCUT2D eigenvalue weighted by Crippen LogP contribution is -2.48. The number of carbonyl (C=O) groups excluding carboxylic acids is 2. The van der Waals surface area contributed by atoms with Gasteiger partial charge >= 0.3 is 5.97 Å². The van der Waals surface area contributed by atoms with Crippen LogP contribution in [0.4, 0.5) is 5.69 Å². The second-order valence-corrected chi connectivity index (χ2v) is 7.07. The summed E-state index contributed by atoms with van der Waals surface area (Å²) in [5.41, 5.74) is 1.85. The molecule has 0 aliphatic carbocycles. The van der Waals surface area contributed by atoms with Gasteiger partial charge in [0.05, 0.1) is 6.42 Å². The van der Waals surface area contributed by atoms with Gasteiger partial charge in [-0.15, -0.1) is 0 Å². The van der Waals surface area contributed by atoms with E-state index in [1.165, 1.54) is 16.2 Å². The first-order valence-corrected chi connectivity index (χ1v) is 9.43. The van der Waals surface area contributed by atoms with E-state index in [1.807, 2.05) is 16.8 Å². The second kappa shape index (κ2) is 8.14. The summed E-state index contributed by atoms with van der Waals surface area (Å²) in [6.07, 6.45) is 2.35. The average Bonchev–Trinajstić information content (AvgIpc) is 3.14. The monoisotopic (exact) mass is 372 g/mol. The molecule has 0 saturated carbocycles. The maximum Gasteiger partial charge on any atom is 0.326 e. The quantitative estimate of drug-likeness (QED) is 0.845. The van der Waals surface area contributed by atoms with Crippen molar-refractivity contribution in [1.82, 2.24) is 4.90 Å². The number of rotatable bonds is 5. The van der Waals surface area contributed by atoms with Crippen molar-refractivity contribution in [3.05, 3.63) is 52.2 Å². The van der Waals surface area contributed by atoms with Gasteiger partial charge in [0.15, 0.2) is 0 Å². The van der Waals surface area contributed by atoms with E-state index in [-0.39, 0.29) is 18.2 Å². The molecular weight excluding hydrogens is 352 g/mol. The standard InChI is InChI=1S/C19H20N2O4S/c22-17(10-13-7-9-26-12-13)20-15-5-3-4-14(11-15)18(23)21-8-2-1-6-16(21)19(24)25/h3-5,7,9,11-12,16H,1-2,6,8,10H2,(H,20,22)(H,24,25). The van der Waals surface area contributed by atoms with Crippen LogP contribution in [-0.4, -0.2) is 40.4 Å². The third-order valence-corrected chi connectivity index (χ3v) is 5.12. The molecule has 6 nitrogen and oxygen atoms in total. The van der Waals surface area contributed by atoms with Gasteiger partial charge in [0.25, 0.3) is 5.91 Å². The number of likely N-dealkylation sites (tertiary alicyclic amines) is 1. The Labute approximate surface area is 155 Å². The molecule has 7 heteroatoms. The van der Waals surface area contributed by atoms with Crippen LogP contribution in [0.25, 0.3) is 0 Å².